The zero-order chi connectivity index (χ0) is 12.1. The van der Waals surface area contributed by atoms with Crippen LogP contribution in [0, 0.1) is 11.6 Å². The Bertz CT molecular complexity index is 340. The van der Waals surface area contributed by atoms with E-state index < -0.39 is 11.6 Å². The van der Waals surface area contributed by atoms with Crippen LogP contribution >= 0.6 is 0 Å². The lowest BCUT2D eigenvalue weighted by Gasteiger charge is -2.21. The Kier molecular flexibility index (Phi) is 4.83. The summed E-state index contributed by atoms with van der Waals surface area (Å²) in [5.41, 5.74) is 6.60. The molecule has 0 aliphatic rings. The second-order valence-electron chi connectivity index (χ2n) is 3.80. The first-order valence-electron chi connectivity index (χ1n) is 5.30. The second-order valence-corrected chi connectivity index (χ2v) is 3.80. The van der Waals surface area contributed by atoms with Gasteiger partial charge in [-0.3, -0.25) is 0 Å². The number of halogens is 2. The molecular formula is C12H17F2NO. The first-order valence-corrected chi connectivity index (χ1v) is 5.30. The SMILES string of the molecule is CCC(OC)C(N)Cc1ccc(F)c(F)c1. The van der Waals surface area contributed by atoms with Crippen molar-refractivity contribution in [2.75, 3.05) is 7.11 Å². The van der Waals surface area contributed by atoms with Crippen LogP contribution in [0.5, 0.6) is 0 Å². The van der Waals surface area contributed by atoms with E-state index in [0.717, 1.165) is 12.5 Å². The topological polar surface area (TPSA) is 35.2 Å². The molecule has 0 fully saturated rings. The molecule has 16 heavy (non-hydrogen) atoms. The van der Waals surface area contributed by atoms with Gasteiger partial charge in [0.15, 0.2) is 11.6 Å². The molecule has 0 heterocycles. The Hall–Kier alpha value is -1.00. The minimum atomic E-state index is -0.838. The smallest absolute Gasteiger partial charge is 0.159 e. The fourth-order valence-corrected chi connectivity index (χ4v) is 1.71. The maximum absolute atomic E-state index is 12.9. The molecular weight excluding hydrogens is 212 g/mol. The third kappa shape index (κ3) is 3.25. The molecule has 0 radical (unpaired) electrons. The molecule has 2 N–H and O–H groups in total. The van der Waals surface area contributed by atoms with Crippen LogP contribution < -0.4 is 5.73 Å². The molecule has 1 aromatic carbocycles. The van der Waals surface area contributed by atoms with Gasteiger partial charge < -0.3 is 10.5 Å². The monoisotopic (exact) mass is 229 g/mol. The number of benzene rings is 1. The third-order valence-corrected chi connectivity index (χ3v) is 2.64. The quantitative estimate of drug-likeness (QED) is 0.840. The maximum Gasteiger partial charge on any atom is 0.159 e. The van der Waals surface area contributed by atoms with Crippen molar-refractivity contribution in [2.24, 2.45) is 5.73 Å². The van der Waals surface area contributed by atoms with Crippen molar-refractivity contribution >= 4 is 0 Å². The van der Waals surface area contributed by atoms with E-state index in [9.17, 15) is 8.78 Å². The molecule has 0 amide bonds. The van der Waals surface area contributed by atoms with Gasteiger partial charge in [-0.05, 0) is 30.5 Å². The number of ether oxygens (including phenoxy) is 1. The van der Waals surface area contributed by atoms with E-state index in [1.165, 1.54) is 6.07 Å². The minimum Gasteiger partial charge on any atom is -0.380 e. The van der Waals surface area contributed by atoms with Crippen LogP contribution in [-0.2, 0) is 11.2 Å². The van der Waals surface area contributed by atoms with E-state index in [1.807, 2.05) is 6.92 Å². The van der Waals surface area contributed by atoms with Crippen LogP contribution in [0.3, 0.4) is 0 Å². The van der Waals surface area contributed by atoms with Crippen molar-refractivity contribution in [3.05, 3.63) is 35.4 Å². The number of methoxy groups -OCH3 is 1. The molecule has 0 aliphatic heterocycles. The molecule has 0 bridgehead atoms. The van der Waals surface area contributed by atoms with Crippen LogP contribution in [0.15, 0.2) is 18.2 Å². The summed E-state index contributed by atoms with van der Waals surface area (Å²) in [7, 11) is 1.60. The van der Waals surface area contributed by atoms with Crippen LogP contribution in [-0.4, -0.2) is 19.3 Å². The fourth-order valence-electron chi connectivity index (χ4n) is 1.71. The third-order valence-electron chi connectivity index (χ3n) is 2.64. The van der Waals surface area contributed by atoms with Gasteiger partial charge in [0.2, 0.25) is 0 Å². The summed E-state index contributed by atoms with van der Waals surface area (Å²) in [6, 6.07) is 3.63. The van der Waals surface area contributed by atoms with Crippen LogP contribution in [0.1, 0.15) is 18.9 Å². The first-order chi connectivity index (χ1) is 7.58. The molecule has 0 aliphatic carbocycles. The van der Waals surface area contributed by atoms with Gasteiger partial charge in [0.25, 0.3) is 0 Å². The van der Waals surface area contributed by atoms with Gasteiger partial charge in [-0.2, -0.15) is 0 Å². The summed E-state index contributed by atoms with van der Waals surface area (Å²) in [5, 5.41) is 0. The summed E-state index contributed by atoms with van der Waals surface area (Å²) >= 11 is 0. The Labute approximate surface area is 94.4 Å². The lowest BCUT2D eigenvalue weighted by atomic mass is 10.0. The minimum absolute atomic E-state index is 0.0619. The molecule has 2 unspecified atom stereocenters. The van der Waals surface area contributed by atoms with E-state index in [2.05, 4.69) is 0 Å². The first kappa shape index (κ1) is 13.1. The number of hydrogen-bond acceptors (Lipinski definition) is 2. The summed E-state index contributed by atoms with van der Waals surface area (Å²) in [6.07, 6.45) is 1.21. The molecule has 0 saturated carbocycles. The van der Waals surface area contributed by atoms with Crippen molar-refractivity contribution in [1.29, 1.82) is 0 Å². The normalized spacial score (nSPS) is 14.8. The molecule has 2 nitrogen and oxygen atoms in total. The molecule has 0 spiro atoms. The van der Waals surface area contributed by atoms with Crippen LogP contribution in [0.2, 0.25) is 0 Å². The maximum atomic E-state index is 12.9. The van der Waals surface area contributed by atoms with Gasteiger partial charge in [0.1, 0.15) is 0 Å². The number of nitrogens with two attached hydrogens (primary N) is 1. The van der Waals surface area contributed by atoms with Gasteiger partial charge >= 0.3 is 0 Å². The predicted octanol–water partition coefficient (Wildman–Crippen LogP) is 2.26. The summed E-state index contributed by atoms with van der Waals surface area (Å²) in [4.78, 5) is 0. The summed E-state index contributed by atoms with van der Waals surface area (Å²) in [6.45, 7) is 1.97. The lowest BCUT2D eigenvalue weighted by Crippen LogP contribution is -2.37. The van der Waals surface area contributed by atoms with Gasteiger partial charge in [0.05, 0.1) is 6.10 Å². The highest BCUT2D eigenvalue weighted by molar-refractivity contribution is 5.19. The van der Waals surface area contributed by atoms with Gasteiger partial charge in [-0.15, -0.1) is 0 Å². The molecule has 2 atom stereocenters. The van der Waals surface area contributed by atoms with E-state index in [0.29, 0.717) is 12.0 Å². The van der Waals surface area contributed by atoms with Gasteiger partial charge in [0, 0.05) is 13.2 Å². The average Bonchev–Trinajstić information content (AvgIpc) is 2.25. The number of hydrogen-bond donors (Lipinski definition) is 1. The molecule has 0 aromatic heterocycles. The van der Waals surface area contributed by atoms with E-state index in [1.54, 1.807) is 13.2 Å². The van der Waals surface area contributed by atoms with Crippen molar-refractivity contribution in [3.8, 4) is 0 Å². The Morgan fingerprint density at radius 1 is 1.31 bits per heavy atom. The Morgan fingerprint density at radius 2 is 2.00 bits per heavy atom. The highest BCUT2D eigenvalue weighted by Crippen LogP contribution is 2.12. The molecule has 4 heteroatoms. The predicted molar refractivity (Wildman–Crippen MR) is 59.1 cm³/mol. The van der Waals surface area contributed by atoms with Gasteiger partial charge in [-0.1, -0.05) is 13.0 Å². The van der Waals surface area contributed by atoms with Crippen molar-refractivity contribution in [1.82, 2.24) is 0 Å². The van der Waals surface area contributed by atoms with Crippen molar-refractivity contribution < 1.29 is 13.5 Å². The van der Waals surface area contributed by atoms with Crippen LogP contribution in [0.4, 0.5) is 8.78 Å². The average molecular weight is 229 g/mol. The van der Waals surface area contributed by atoms with E-state index in [-0.39, 0.29) is 12.1 Å². The molecule has 1 aromatic rings. The molecule has 1 rings (SSSR count). The zero-order valence-corrected chi connectivity index (χ0v) is 9.54. The Morgan fingerprint density at radius 3 is 2.50 bits per heavy atom. The van der Waals surface area contributed by atoms with Crippen LogP contribution in [0.25, 0.3) is 0 Å². The second kappa shape index (κ2) is 5.92. The van der Waals surface area contributed by atoms with Crippen molar-refractivity contribution in [2.45, 2.75) is 31.9 Å². The number of rotatable bonds is 5. The summed E-state index contributed by atoms with van der Waals surface area (Å²) in [5.74, 6) is -1.67. The van der Waals surface area contributed by atoms with Crippen molar-refractivity contribution in [3.63, 3.8) is 0 Å². The zero-order valence-electron chi connectivity index (χ0n) is 9.54. The lowest BCUT2D eigenvalue weighted by molar-refractivity contribution is 0.0773. The highest BCUT2D eigenvalue weighted by Gasteiger charge is 2.16. The molecule has 0 saturated heterocycles. The standard InChI is InChI=1S/C12H17F2NO/c1-3-12(16-2)11(15)7-8-4-5-9(13)10(14)6-8/h4-6,11-12H,3,7,15H2,1-2H3. The van der Waals surface area contributed by atoms with Gasteiger partial charge in [-0.25, -0.2) is 8.78 Å². The largest absolute Gasteiger partial charge is 0.380 e. The van der Waals surface area contributed by atoms with E-state index >= 15 is 0 Å². The van der Waals surface area contributed by atoms with E-state index in [4.69, 9.17) is 10.5 Å². The highest BCUT2D eigenvalue weighted by atomic mass is 19.2. The summed E-state index contributed by atoms with van der Waals surface area (Å²) < 4.78 is 30.8. The fraction of sp³-hybridized carbons (Fsp3) is 0.500. The Balaban J connectivity index is 2.69. The molecule has 90 valence electrons.